The van der Waals surface area contributed by atoms with Crippen LogP contribution in [0.1, 0.15) is 49.3 Å². The lowest BCUT2D eigenvalue weighted by Crippen LogP contribution is -2.27. The SMILES string of the molecule is CC(C)CCNC(=O)C[C@H](c1cccc(C(F)(F)F)c1)c1c[nH]c2ccccc12. The van der Waals surface area contributed by atoms with Gasteiger partial charge in [0.05, 0.1) is 5.56 Å². The number of hydrogen-bond donors (Lipinski definition) is 2. The lowest BCUT2D eigenvalue weighted by atomic mass is 9.87. The average Bonchev–Trinajstić information content (AvgIpc) is 3.09. The third-order valence-electron chi connectivity index (χ3n) is 5.05. The molecule has 1 heterocycles. The first-order valence-electron chi connectivity index (χ1n) is 9.75. The van der Waals surface area contributed by atoms with Crippen LogP contribution in [0.5, 0.6) is 0 Å². The Morgan fingerprint density at radius 1 is 1.10 bits per heavy atom. The van der Waals surface area contributed by atoms with Crippen molar-refractivity contribution in [2.75, 3.05) is 6.54 Å². The summed E-state index contributed by atoms with van der Waals surface area (Å²) in [4.78, 5) is 15.7. The zero-order valence-electron chi connectivity index (χ0n) is 16.5. The molecule has 1 amide bonds. The zero-order chi connectivity index (χ0) is 21.0. The molecule has 2 N–H and O–H groups in total. The third kappa shape index (κ3) is 5.19. The van der Waals surface area contributed by atoms with Crippen LogP contribution in [0.15, 0.2) is 54.7 Å². The van der Waals surface area contributed by atoms with E-state index in [2.05, 4.69) is 24.1 Å². The predicted molar refractivity (Wildman–Crippen MR) is 109 cm³/mol. The quantitative estimate of drug-likeness (QED) is 0.510. The Hall–Kier alpha value is -2.76. The van der Waals surface area contributed by atoms with Gasteiger partial charge in [0.2, 0.25) is 5.91 Å². The lowest BCUT2D eigenvalue weighted by molar-refractivity contribution is -0.137. The Labute approximate surface area is 168 Å². The van der Waals surface area contributed by atoms with Gasteiger partial charge in [0.15, 0.2) is 0 Å². The number of para-hydroxylation sites is 1. The maximum Gasteiger partial charge on any atom is 0.416 e. The number of rotatable bonds is 7. The molecule has 0 spiro atoms. The standard InChI is InChI=1S/C23H25F3N2O/c1-15(2)10-11-27-22(29)13-19(16-6-5-7-17(12-16)23(24,25)26)20-14-28-21-9-4-3-8-18(20)21/h3-9,12,14-15,19,28H,10-11,13H2,1-2H3,(H,27,29)/t19-/m1/s1. The molecule has 0 radical (unpaired) electrons. The molecule has 0 aliphatic carbocycles. The van der Waals surface area contributed by atoms with Crippen LogP contribution in [0.3, 0.4) is 0 Å². The maximum absolute atomic E-state index is 13.2. The van der Waals surface area contributed by atoms with Crippen LogP contribution in [0.4, 0.5) is 13.2 Å². The fraction of sp³-hybridized carbons (Fsp3) is 0.348. The normalized spacial score (nSPS) is 13.0. The summed E-state index contributed by atoms with van der Waals surface area (Å²) in [6.07, 6.45) is -1.70. The molecule has 0 saturated heterocycles. The maximum atomic E-state index is 13.2. The number of alkyl halides is 3. The Balaban J connectivity index is 1.95. The van der Waals surface area contributed by atoms with Crippen LogP contribution in [-0.2, 0) is 11.0 Å². The molecular formula is C23H25F3N2O. The molecular weight excluding hydrogens is 377 g/mol. The summed E-state index contributed by atoms with van der Waals surface area (Å²) in [7, 11) is 0. The number of carbonyl (C=O) groups excluding carboxylic acids is 1. The van der Waals surface area contributed by atoms with Crippen molar-refractivity contribution in [2.45, 2.75) is 38.8 Å². The van der Waals surface area contributed by atoms with Gasteiger partial charge in [-0.3, -0.25) is 4.79 Å². The molecule has 29 heavy (non-hydrogen) atoms. The minimum Gasteiger partial charge on any atom is -0.361 e. The molecule has 0 aliphatic heterocycles. The highest BCUT2D eigenvalue weighted by atomic mass is 19.4. The number of aromatic amines is 1. The Morgan fingerprint density at radius 3 is 2.59 bits per heavy atom. The second-order valence-corrected chi connectivity index (χ2v) is 7.70. The van der Waals surface area contributed by atoms with E-state index in [9.17, 15) is 18.0 Å². The highest BCUT2D eigenvalue weighted by molar-refractivity contribution is 5.86. The molecule has 154 valence electrons. The van der Waals surface area contributed by atoms with E-state index < -0.39 is 17.7 Å². The van der Waals surface area contributed by atoms with Crippen LogP contribution >= 0.6 is 0 Å². The summed E-state index contributed by atoms with van der Waals surface area (Å²) in [6.45, 7) is 4.70. The number of amides is 1. The second kappa shape index (κ2) is 8.72. The monoisotopic (exact) mass is 402 g/mol. The molecule has 0 aliphatic rings. The molecule has 6 heteroatoms. The van der Waals surface area contributed by atoms with Gasteiger partial charge < -0.3 is 10.3 Å². The van der Waals surface area contributed by atoms with Crippen molar-refractivity contribution in [1.82, 2.24) is 10.3 Å². The van der Waals surface area contributed by atoms with Crippen LogP contribution in [0, 0.1) is 5.92 Å². The van der Waals surface area contributed by atoms with Crippen molar-refractivity contribution in [2.24, 2.45) is 5.92 Å². The van der Waals surface area contributed by atoms with Crippen molar-refractivity contribution in [1.29, 1.82) is 0 Å². The molecule has 0 bridgehead atoms. The summed E-state index contributed by atoms with van der Waals surface area (Å²) in [5.74, 6) is -0.186. The van der Waals surface area contributed by atoms with E-state index in [-0.39, 0.29) is 12.3 Å². The highest BCUT2D eigenvalue weighted by Gasteiger charge is 2.31. The first-order chi connectivity index (χ1) is 13.8. The Kier molecular flexibility index (Phi) is 6.30. The fourth-order valence-electron chi connectivity index (χ4n) is 3.48. The van der Waals surface area contributed by atoms with Crippen molar-refractivity contribution in [3.05, 3.63) is 71.4 Å². The summed E-state index contributed by atoms with van der Waals surface area (Å²) in [5, 5.41) is 3.81. The first-order valence-corrected chi connectivity index (χ1v) is 9.75. The molecule has 1 aromatic heterocycles. The van der Waals surface area contributed by atoms with Gasteiger partial charge in [0.1, 0.15) is 0 Å². The molecule has 2 aromatic carbocycles. The topological polar surface area (TPSA) is 44.9 Å². The molecule has 3 nitrogen and oxygen atoms in total. The summed E-state index contributed by atoms with van der Waals surface area (Å²) in [6, 6.07) is 12.8. The highest BCUT2D eigenvalue weighted by Crippen LogP contribution is 2.36. The molecule has 0 saturated carbocycles. The van der Waals surface area contributed by atoms with Crippen molar-refractivity contribution >= 4 is 16.8 Å². The van der Waals surface area contributed by atoms with E-state index in [1.165, 1.54) is 6.07 Å². The van der Waals surface area contributed by atoms with Crippen molar-refractivity contribution in [3.8, 4) is 0 Å². The van der Waals surface area contributed by atoms with E-state index in [0.29, 0.717) is 18.0 Å². The van der Waals surface area contributed by atoms with E-state index >= 15 is 0 Å². The number of benzene rings is 2. The van der Waals surface area contributed by atoms with Crippen molar-refractivity contribution in [3.63, 3.8) is 0 Å². The van der Waals surface area contributed by atoms with Gasteiger partial charge in [0, 0.05) is 36.0 Å². The average molecular weight is 402 g/mol. The van der Waals surface area contributed by atoms with E-state index in [1.807, 2.05) is 24.3 Å². The third-order valence-corrected chi connectivity index (χ3v) is 5.05. The smallest absolute Gasteiger partial charge is 0.361 e. The molecule has 0 fully saturated rings. The van der Waals surface area contributed by atoms with Crippen LogP contribution in [0.2, 0.25) is 0 Å². The molecule has 3 rings (SSSR count). The Morgan fingerprint density at radius 2 is 1.86 bits per heavy atom. The van der Waals surface area contributed by atoms with Crippen LogP contribution < -0.4 is 5.32 Å². The number of fused-ring (bicyclic) bond motifs is 1. The lowest BCUT2D eigenvalue weighted by Gasteiger charge is -2.19. The first kappa shape index (κ1) is 21.0. The number of aromatic nitrogens is 1. The van der Waals surface area contributed by atoms with E-state index in [4.69, 9.17) is 0 Å². The predicted octanol–water partition coefficient (Wildman–Crippen LogP) is 5.87. The number of hydrogen-bond acceptors (Lipinski definition) is 1. The van der Waals surface area contributed by atoms with Gasteiger partial charge in [-0.25, -0.2) is 0 Å². The van der Waals surface area contributed by atoms with Gasteiger partial charge in [-0.1, -0.05) is 50.2 Å². The largest absolute Gasteiger partial charge is 0.416 e. The Bertz CT molecular complexity index is 975. The van der Waals surface area contributed by atoms with Crippen LogP contribution in [0.25, 0.3) is 10.9 Å². The summed E-state index contributed by atoms with van der Waals surface area (Å²) >= 11 is 0. The minimum absolute atomic E-state index is 0.0846. The summed E-state index contributed by atoms with van der Waals surface area (Å²) in [5.41, 5.74) is 1.47. The second-order valence-electron chi connectivity index (χ2n) is 7.70. The molecule has 0 unspecified atom stereocenters. The fourth-order valence-corrected chi connectivity index (χ4v) is 3.48. The van der Waals surface area contributed by atoms with Gasteiger partial charge in [-0.2, -0.15) is 13.2 Å². The molecule has 3 aromatic rings. The van der Waals surface area contributed by atoms with E-state index in [0.717, 1.165) is 35.0 Å². The minimum atomic E-state index is -4.43. The van der Waals surface area contributed by atoms with Gasteiger partial charge in [-0.15, -0.1) is 0 Å². The summed E-state index contributed by atoms with van der Waals surface area (Å²) < 4.78 is 39.7. The number of H-pyrrole nitrogens is 1. The zero-order valence-corrected chi connectivity index (χ0v) is 16.5. The number of nitrogens with one attached hydrogen (secondary N) is 2. The number of carbonyl (C=O) groups is 1. The van der Waals surface area contributed by atoms with Gasteiger partial charge >= 0.3 is 6.18 Å². The van der Waals surface area contributed by atoms with Crippen LogP contribution in [-0.4, -0.2) is 17.4 Å². The van der Waals surface area contributed by atoms with Crippen molar-refractivity contribution < 1.29 is 18.0 Å². The molecule has 1 atom stereocenters. The van der Waals surface area contributed by atoms with Gasteiger partial charge in [0.25, 0.3) is 0 Å². The number of halogens is 3. The van der Waals surface area contributed by atoms with Gasteiger partial charge in [-0.05, 0) is 35.6 Å². The van der Waals surface area contributed by atoms with E-state index in [1.54, 1.807) is 12.3 Å².